The van der Waals surface area contributed by atoms with Gasteiger partial charge in [-0.15, -0.1) is 0 Å². The molecule has 0 radical (unpaired) electrons. The molecule has 2 aromatic heterocycles. The van der Waals surface area contributed by atoms with E-state index in [0.717, 1.165) is 18.4 Å². The minimum Gasteiger partial charge on any atom is -0.484 e. The Labute approximate surface area is 156 Å². The molecular formula is C20H22N4O3. The summed E-state index contributed by atoms with van der Waals surface area (Å²) in [6, 6.07) is 12.9. The second-order valence-electron chi connectivity index (χ2n) is 6.80. The molecule has 27 heavy (non-hydrogen) atoms. The molecule has 0 N–H and O–H groups in total. The second-order valence-corrected chi connectivity index (χ2v) is 6.80. The maximum absolute atomic E-state index is 12.7. The standard InChI is InChI=1S/C20H22N4O3/c1-22-17-10-5-11-21-19(17)24(20(22)26)15-7-6-12-23(13-15)18(25)14-27-16-8-3-2-4-9-16/h2-5,8-11,15H,6-7,12-14H2,1H3/t15-/m0/s1. The number of imidazole rings is 1. The van der Waals surface area contributed by atoms with Crippen molar-refractivity contribution >= 4 is 17.1 Å². The maximum Gasteiger partial charge on any atom is 0.330 e. The van der Waals surface area contributed by atoms with Gasteiger partial charge in [0.05, 0.1) is 11.6 Å². The Hall–Kier alpha value is -3.09. The molecule has 1 saturated heterocycles. The summed E-state index contributed by atoms with van der Waals surface area (Å²) in [6.07, 6.45) is 3.38. The molecule has 4 rings (SSSR count). The van der Waals surface area contributed by atoms with Crippen molar-refractivity contribution in [1.29, 1.82) is 0 Å². The van der Waals surface area contributed by atoms with Gasteiger partial charge in [-0.2, -0.15) is 0 Å². The van der Waals surface area contributed by atoms with Gasteiger partial charge in [0.25, 0.3) is 5.91 Å². The number of rotatable bonds is 4. The number of carbonyl (C=O) groups is 1. The lowest BCUT2D eigenvalue weighted by Gasteiger charge is -2.33. The molecule has 0 saturated carbocycles. The zero-order chi connectivity index (χ0) is 18.8. The summed E-state index contributed by atoms with van der Waals surface area (Å²) in [5, 5.41) is 0. The summed E-state index contributed by atoms with van der Waals surface area (Å²) in [4.78, 5) is 31.5. The summed E-state index contributed by atoms with van der Waals surface area (Å²) in [6.45, 7) is 1.17. The fourth-order valence-electron chi connectivity index (χ4n) is 3.67. The van der Waals surface area contributed by atoms with Crippen molar-refractivity contribution in [2.45, 2.75) is 18.9 Å². The molecule has 0 aliphatic carbocycles. The Morgan fingerprint density at radius 3 is 2.85 bits per heavy atom. The molecule has 7 heteroatoms. The van der Waals surface area contributed by atoms with Crippen LogP contribution in [0.5, 0.6) is 5.75 Å². The van der Waals surface area contributed by atoms with Crippen LogP contribution in [-0.4, -0.2) is 44.6 Å². The lowest BCUT2D eigenvalue weighted by molar-refractivity contribution is -0.135. The molecule has 1 atom stereocenters. The number of para-hydroxylation sites is 1. The Bertz CT molecular complexity index is 1010. The summed E-state index contributed by atoms with van der Waals surface area (Å²) < 4.78 is 8.93. The lowest BCUT2D eigenvalue weighted by atomic mass is 10.1. The highest BCUT2D eigenvalue weighted by Gasteiger charge is 2.28. The number of carbonyl (C=O) groups excluding carboxylic acids is 1. The predicted octanol–water partition coefficient (Wildman–Crippen LogP) is 1.98. The number of hydrogen-bond donors (Lipinski definition) is 0. The third-order valence-electron chi connectivity index (χ3n) is 5.07. The fraction of sp³-hybridized carbons (Fsp3) is 0.350. The summed E-state index contributed by atoms with van der Waals surface area (Å²) >= 11 is 0. The highest BCUT2D eigenvalue weighted by atomic mass is 16.5. The van der Waals surface area contributed by atoms with Gasteiger partial charge in [-0.1, -0.05) is 18.2 Å². The van der Waals surface area contributed by atoms with Crippen LogP contribution in [0.3, 0.4) is 0 Å². The molecular weight excluding hydrogens is 344 g/mol. The first kappa shape index (κ1) is 17.3. The van der Waals surface area contributed by atoms with Crippen LogP contribution in [0.4, 0.5) is 0 Å². The van der Waals surface area contributed by atoms with Crippen molar-refractivity contribution in [3.8, 4) is 5.75 Å². The third kappa shape index (κ3) is 3.32. The van der Waals surface area contributed by atoms with Crippen molar-refractivity contribution in [3.05, 3.63) is 59.1 Å². The molecule has 0 bridgehead atoms. The van der Waals surface area contributed by atoms with E-state index in [-0.39, 0.29) is 24.2 Å². The van der Waals surface area contributed by atoms with Crippen LogP contribution in [0, 0.1) is 0 Å². The number of aromatic nitrogens is 3. The Morgan fingerprint density at radius 1 is 1.22 bits per heavy atom. The topological polar surface area (TPSA) is 69.4 Å². The smallest absolute Gasteiger partial charge is 0.330 e. The third-order valence-corrected chi connectivity index (χ3v) is 5.07. The lowest BCUT2D eigenvalue weighted by Crippen LogP contribution is -2.44. The van der Waals surface area contributed by atoms with Gasteiger partial charge in [0.15, 0.2) is 12.3 Å². The Morgan fingerprint density at radius 2 is 2.04 bits per heavy atom. The molecule has 1 fully saturated rings. The number of amides is 1. The van der Waals surface area contributed by atoms with Gasteiger partial charge in [-0.05, 0) is 37.1 Å². The first-order chi connectivity index (χ1) is 13.1. The van der Waals surface area contributed by atoms with E-state index in [0.29, 0.717) is 24.5 Å². The first-order valence-electron chi connectivity index (χ1n) is 9.12. The molecule has 7 nitrogen and oxygen atoms in total. The van der Waals surface area contributed by atoms with Crippen molar-refractivity contribution in [2.24, 2.45) is 7.05 Å². The van der Waals surface area contributed by atoms with E-state index in [1.165, 1.54) is 0 Å². The van der Waals surface area contributed by atoms with Gasteiger partial charge in [0.2, 0.25) is 0 Å². The number of hydrogen-bond acceptors (Lipinski definition) is 4. The zero-order valence-corrected chi connectivity index (χ0v) is 15.2. The minimum absolute atomic E-state index is 0.000576. The van der Waals surface area contributed by atoms with E-state index < -0.39 is 0 Å². The number of ether oxygens (including phenoxy) is 1. The SMILES string of the molecule is Cn1c(=O)n([C@H]2CCCN(C(=O)COc3ccccc3)C2)c2ncccc21. The average Bonchev–Trinajstić information content (AvgIpc) is 2.98. The molecule has 1 aliphatic heterocycles. The second kappa shape index (κ2) is 7.26. The van der Waals surface area contributed by atoms with Crippen LogP contribution in [0.1, 0.15) is 18.9 Å². The van der Waals surface area contributed by atoms with Gasteiger partial charge in [0, 0.05) is 26.3 Å². The molecule has 1 aliphatic rings. The molecule has 3 heterocycles. The Kier molecular flexibility index (Phi) is 4.66. The normalized spacial score (nSPS) is 17.2. The van der Waals surface area contributed by atoms with Crippen LogP contribution in [0.2, 0.25) is 0 Å². The van der Waals surface area contributed by atoms with Gasteiger partial charge < -0.3 is 9.64 Å². The van der Waals surface area contributed by atoms with E-state index in [9.17, 15) is 9.59 Å². The van der Waals surface area contributed by atoms with Crippen LogP contribution in [0.25, 0.3) is 11.2 Å². The predicted molar refractivity (Wildman–Crippen MR) is 102 cm³/mol. The van der Waals surface area contributed by atoms with Crippen molar-refractivity contribution in [3.63, 3.8) is 0 Å². The summed E-state index contributed by atoms with van der Waals surface area (Å²) in [7, 11) is 1.75. The first-order valence-corrected chi connectivity index (χ1v) is 9.12. The number of likely N-dealkylation sites (tertiary alicyclic amines) is 1. The highest BCUT2D eigenvalue weighted by Crippen LogP contribution is 2.24. The number of aryl methyl sites for hydroxylation is 1. The minimum atomic E-state index is -0.0939. The van der Waals surface area contributed by atoms with Gasteiger partial charge >= 0.3 is 5.69 Å². The summed E-state index contributed by atoms with van der Waals surface area (Å²) in [5.74, 6) is 0.610. The molecule has 0 unspecified atom stereocenters. The van der Waals surface area contributed by atoms with Crippen molar-refractivity contribution in [2.75, 3.05) is 19.7 Å². The quantitative estimate of drug-likeness (QED) is 0.708. The summed E-state index contributed by atoms with van der Waals surface area (Å²) in [5.41, 5.74) is 1.38. The largest absolute Gasteiger partial charge is 0.484 e. The fourth-order valence-corrected chi connectivity index (χ4v) is 3.67. The van der Waals surface area contributed by atoms with E-state index >= 15 is 0 Å². The van der Waals surface area contributed by atoms with Crippen molar-refractivity contribution in [1.82, 2.24) is 19.0 Å². The Balaban J connectivity index is 1.51. The highest BCUT2D eigenvalue weighted by molar-refractivity contribution is 5.78. The number of piperidine rings is 1. The zero-order valence-electron chi connectivity index (χ0n) is 15.2. The average molecular weight is 366 g/mol. The van der Waals surface area contributed by atoms with Crippen LogP contribution in [0.15, 0.2) is 53.5 Å². The van der Waals surface area contributed by atoms with Crippen molar-refractivity contribution < 1.29 is 9.53 Å². The molecule has 1 aromatic carbocycles. The van der Waals surface area contributed by atoms with E-state index in [2.05, 4.69) is 4.98 Å². The van der Waals surface area contributed by atoms with Gasteiger partial charge in [-0.3, -0.25) is 13.9 Å². The van der Waals surface area contributed by atoms with E-state index in [1.807, 2.05) is 42.5 Å². The van der Waals surface area contributed by atoms with Gasteiger partial charge in [-0.25, -0.2) is 9.78 Å². The monoisotopic (exact) mass is 366 g/mol. The van der Waals surface area contributed by atoms with E-state index in [4.69, 9.17) is 4.74 Å². The van der Waals surface area contributed by atoms with Crippen LogP contribution in [-0.2, 0) is 11.8 Å². The number of fused-ring (bicyclic) bond motifs is 1. The molecule has 0 spiro atoms. The molecule has 3 aromatic rings. The van der Waals surface area contributed by atoms with E-state index in [1.54, 1.807) is 27.3 Å². The number of benzene rings is 1. The molecule has 140 valence electrons. The van der Waals surface area contributed by atoms with Gasteiger partial charge in [0.1, 0.15) is 5.75 Å². The van der Waals surface area contributed by atoms with Crippen LogP contribution < -0.4 is 10.4 Å². The maximum atomic E-state index is 12.7. The number of pyridine rings is 1. The molecule has 1 amide bonds. The number of nitrogens with zero attached hydrogens (tertiary/aromatic N) is 4. The van der Waals surface area contributed by atoms with Crippen LogP contribution >= 0.6 is 0 Å².